The van der Waals surface area contributed by atoms with Gasteiger partial charge in [0.05, 0.1) is 59.2 Å². The topological polar surface area (TPSA) is 367 Å². The number of methoxy groups -OCH3 is 2. The summed E-state index contributed by atoms with van der Waals surface area (Å²) < 4.78 is 96.3. The van der Waals surface area contributed by atoms with Crippen molar-refractivity contribution in [1.82, 2.24) is 36.2 Å². The third-order valence-electron chi connectivity index (χ3n) is 15.1. The molecule has 9 rings (SSSR count). The summed E-state index contributed by atoms with van der Waals surface area (Å²) in [6, 6.07) is 57.7. The smallest absolute Gasteiger partial charge is 0.549 e. The number of phenols is 1. The van der Waals surface area contributed by atoms with Crippen LogP contribution in [0.15, 0.2) is 218 Å². The Morgan fingerprint density at radius 2 is 0.893 bits per heavy atom. The van der Waals surface area contributed by atoms with Crippen LogP contribution in [0, 0.1) is 23.3 Å². The second-order valence-corrected chi connectivity index (χ2v) is 25.2. The van der Waals surface area contributed by atoms with Gasteiger partial charge in [-0.1, -0.05) is 158 Å². The molecular formula is C87H117BrF4LiN9O19. The van der Waals surface area contributed by atoms with Gasteiger partial charge in [-0.15, -0.1) is 0 Å². The number of hydrogen-bond acceptors (Lipinski definition) is 27. The number of carboxylic acid groups (broad SMARTS) is 1. The number of amides is 1. The number of likely N-dealkylation sites (N-methyl/N-ethyl adjacent to an activating group) is 3. The van der Waals surface area contributed by atoms with Crippen LogP contribution in [-0.2, 0) is 62.0 Å². The van der Waals surface area contributed by atoms with Crippen LogP contribution >= 0.6 is 15.9 Å². The number of aromatic hydroxyl groups is 1. The van der Waals surface area contributed by atoms with E-state index < -0.39 is 53.9 Å². The Hall–Kier alpha value is -10.4. The van der Waals surface area contributed by atoms with E-state index in [9.17, 15) is 61.3 Å². The third-order valence-corrected chi connectivity index (χ3v) is 15.6. The van der Waals surface area contributed by atoms with Gasteiger partial charge in [-0.2, -0.15) is 0 Å². The van der Waals surface area contributed by atoms with Crippen molar-refractivity contribution in [3.05, 3.63) is 264 Å². The standard InChI is InChI=1S/C19H21FN2O4.C17H19FN2O3.C15H13FO3.C9H10O3.C6H5FO.C6H15N.C5H12N2O2.C5H10O.C4H7BrO2.CH6N2.Li/c1-3-25-17(23)13-22(2)21-19(24)18(14-7-5-4-6-8-14)26-16-11-9-15(20)10-12-16;1-20(12-17(21)22)19-11-16(13-5-3-2-4-6-13)23-15-9-7-14(18)8-10-15;1-18-15(17)14(11-5-3-2-4-6-11)19-13-9-7-12(16)8-10-13;1-12-9(11)8(10)7-5-3-2-4-6-7;7-5-1-3-6(8)4-2-5;1-4-7(5-2)6-3;1-3-9-5(8)4-7(2)6;1-5-3-2-4-6-5;1-2-7-4(6)3-5;1-3-2;/h4-12,18H,3,13H2,1-2H3,(H,21,24);2-10,16,19H,11-12H2,1H3,(H,21,22);2-10,14H,1H3;2-6,8,10H,1H3;1-4,8H;4-6H2,1-3H3;3-4,6H2,1-2H3;5H,2-4H2,1H3;2-3H2,1H3;3H,2H2,1H3;/q;;;;;;;;;;+1/p-1/t18-;16-;14-;8-;;;;;;;/m0101......./s1. The Morgan fingerprint density at radius 3 is 1.21 bits per heavy atom. The predicted molar refractivity (Wildman–Crippen MR) is 450 cm³/mol. The fourth-order valence-electron chi connectivity index (χ4n) is 9.28. The van der Waals surface area contributed by atoms with Crippen molar-refractivity contribution in [2.45, 2.75) is 91.8 Å². The van der Waals surface area contributed by atoms with Crippen molar-refractivity contribution < 1.29 is 128 Å². The van der Waals surface area contributed by atoms with Crippen molar-refractivity contribution in [3.63, 3.8) is 0 Å². The molecule has 1 unspecified atom stereocenters. The van der Waals surface area contributed by atoms with Crippen molar-refractivity contribution in [2.75, 3.05) is 120 Å². The number of aliphatic carboxylic acids is 1. The number of phenolic OH excluding ortho intramolecular Hbond substituents is 1. The van der Waals surface area contributed by atoms with Gasteiger partial charge >= 0.3 is 48.7 Å². The Balaban J connectivity index is 0. The van der Waals surface area contributed by atoms with E-state index in [4.69, 9.17) is 39.4 Å². The summed E-state index contributed by atoms with van der Waals surface area (Å²) in [4.78, 5) is 80.4. The molecule has 1 amide bonds. The van der Waals surface area contributed by atoms with E-state index in [1.54, 1.807) is 134 Å². The summed E-state index contributed by atoms with van der Waals surface area (Å²) in [5.41, 5.74) is 10.6. The summed E-state index contributed by atoms with van der Waals surface area (Å²) in [6.45, 7) is 19.8. The Labute approximate surface area is 728 Å². The molecule has 34 heteroatoms. The minimum Gasteiger partial charge on any atom is -0.549 e. The molecule has 1 saturated heterocycles. The zero-order valence-corrected chi connectivity index (χ0v) is 72.8. The summed E-state index contributed by atoms with van der Waals surface area (Å²) in [5.74, 6) is 5.98. The molecule has 28 nitrogen and oxygen atoms in total. The van der Waals surface area contributed by atoms with Crippen LogP contribution in [0.3, 0.4) is 0 Å². The van der Waals surface area contributed by atoms with Crippen LogP contribution < -0.4 is 66.1 Å². The normalized spacial score (nSPS) is 12.1. The van der Waals surface area contributed by atoms with Gasteiger partial charge in [-0.3, -0.25) is 47.1 Å². The van der Waals surface area contributed by atoms with Gasteiger partial charge in [0.1, 0.15) is 70.8 Å². The van der Waals surface area contributed by atoms with Gasteiger partial charge in [-0.05, 0) is 175 Å². The number of hydrogen-bond donors (Lipinski definition) is 7. The molecule has 1 fully saturated rings. The molecular weight excluding hydrogens is 1640 g/mol. The molecule has 0 aromatic heterocycles. The van der Waals surface area contributed by atoms with Gasteiger partial charge in [0.2, 0.25) is 12.2 Å². The van der Waals surface area contributed by atoms with E-state index in [2.05, 4.69) is 84.9 Å². The maximum Gasteiger partial charge on any atom is 1.00 e. The zero-order chi connectivity index (χ0) is 90.0. The first-order valence-electron chi connectivity index (χ1n) is 38.0. The van der Waals surface area contributed by atoms with Gasteiger partial charge in [-0.25, -0.2) is 42.2 Å². The summed E-state index contributed by atoms with van der Waals surface area (Å²) in [6.07, 6.45) is -0.281. The van der Waals surface area contributed by atoms with Crippen LogP contribution in [0.4, 0.5) is 17.6 Å². The fraction of sp³-hybridized carbons (Fsp3) is 0.368. The molecule has 0 radical (unpaired) electrons. The van der Waals surface area contributed by atoms with E-state index in [1.165, 1.54) is 147 Å². The number of benzene rings is 8. The van der Waals surface area contributed by atoms with Crippen molar-refractivity contribution in [3.8, 4) is 23.0 Å². The Bertz CT molecular complexity index is 3960. The molecule has 1 heterocycles. The maximum atomic E-state index is 13.1. The van der Waals surface area contributed by atoms with Crippen LogP contribution in [0.5, 0.6) is 23.0 Å². The third kappa shape index (κ3) is 56.0. The van der Waals surface area contributed by atoms with Gasteiger partial charge in [0.15, 0.2) is 6.10 Å². The number of carbonyl (C=O) groups excluding carboxylic acids is 7. The van der Waals surface area contributed by atoms with Crippen LogP contribution in [0.25, 0.3) is 0 Å². The predicted octanol–water partition coefficient (Wildman–Crippen LogP) is 8.06. The van der Waals surface area contributed by atoms with Gasteiger partial charge < -0.3 is 67.6 Å². The monoisotopic (exact) mass is 1750 g/mol. The van der Waals surface area contributed by atoms with Crippen LogP contribution in [-0.4, -0.2) is 198 Å². The number of nitrogens with two attached hydrogens (primary N) is 2. The number of alkyl halides is 1. The first kappa shape index (κ1) is 113. The minimum atomic E-state index is -1.17. The maximum absolute atomic E-state index is 13.1. The summed E-state index contributed by atoms with van der Waals surface area (Å²) >= 11 is 2.94. The number of carboxylic acids is 1. The number of carbonyl (C=O) groups is 7. The number of aliphatic hydroxyl groups is 1. The second-order valence-electron chi connectivity index (χ2n) is 24.7. The molecule has 0 saturated carbocycles. The largest absolute Gasteiger partial charge is 1.00 e. The number of halogens is 5. The molecule has 660 valence electrons. The van der Waals surface area contributed by atoms with E-state index >= 15 is 0 Å². The molecule has 0 spiro atoms. The number of nitrogens with zero attached hydrogens (tertiary/aromatic N) is 4. The molecule has 1 aliphatic heterocycles. The van der Waals surface area contributed by atoms with Crippen molar-refractivity contribution in [1.29, 1.82) is 0 Å². The summed E-state index contributed by atoms with van der Waals surface area (Å²) in [7, 11) is 8.96. The molecule has 9 N–H and O–H groups in total. The first-order chi connectivity index (χ1) is 57.4. The number of esters is 5. The number of nitrogens with one attached hydrogen (secondary N) is 3. The fourth-order valence-corrected chi connectivity index (χ4v) is 9.44. The van der Waals surface area contributed by atoms with Crippen LogP contribution in [0.1, 0.15) is 108 Å². The van der Waals surface area contributed by atoms with Crippen molar-refractivity contribution in [2.24, 2.45) is 11.7 Å². The number of aliphatic hydroxyl groups excluding tert-OH is 1. The molecule has 121 heavy (non-hydrogen) atoms. The average molecular weight is 1760 g/mol. The van der Waals surface area contributed by atoms with E-state index in [0.717, 1.165) is 12.2 Å². The first-order valence-corrected chi connectivity index (χ1v) is 39.1. The molecule has 0 bridgehead atoms. The Morgan fingerprint density at radius 1 is 0.529 bits per heavy atom. The molecule has 1 aliphatic rings. The van der Waals surface area contributed by atoms with E-state index in [1.807, 2.05) is 48.5 Å². The van der Waals surface area contributed by atoms with Crippen LogP contribution in [0.2, 0.25) is 0 Å². The minimum absolute atomic E-state index is 0. The van der Waals surface area contributed by atoms with Crippen molar-refractivity contribution >= 4 is 57.7 Å². The second kappa shape index (κ2) is 70.3. The molecule has 8 aromatic rings. The van der Waals surface area contributed by atoms with E-state index in [0.29, 0.717) is 65.1 Å². The number of hydrazine groups is 4. The summed E-state index contributed by atoms with van der Waals surface area (Å²) in [5, 5.41) is 32.8. The zero-order valence-electron chi connectivity index (χ0n) is 71.2. The quantitative estimate of drug-likeness (QED) is 0.00425. The molecule has 8 aromatic carbocycles. The van der Waals surface area contributed by atoms with E-state index in [-0.39, 0.29) is 86.3 Å². The van der Waals surface area contributed by atoms with Gasteiger partial charge in [0.25, 0.3) is 5.91 Å². The SMILES string of the molecule is CC1CCCO1.CCN(CC)CC.CCOC(=O)CBr.CCOC(=O)CN(C)N.CCOC(=O)CN(C)NC(=O)[C@@H](Oc1ccc(F)cc1)c1ccccc1.CN(CC(=O)[O-])NC[C@@H](Oc1ccc(F)cc1)c1ccccc1.CNN.COC(=O)[C@@H](Oc1ccc(F)cc1)c1ccccc1.COC(=O)[C@H](O)c1ccccc1.Oc1ccc(F)cc1.[Li+]. The Kier molecular flexibility index (Phi) is 65.5. The molecule has 5 atom stereocenters. The number of rotatable bonds is 30. The number of ether oxygens (including phenoxy) is 9. The average Bonchev–Trinajstić information content (AvgIpc) is 0.915. The molecule has 0 aliphatic carbocycles. The van der Waals surface area contributed by atoms with Gasteiger partial charge in [0, 0.05) is 38.9 Å².